The van der Waals surface area contributed by atoms with E-state index in [0.717, 1.165) is 0 Å². The van der Waals surface area contributed by atoms with E-state index in [2.05, 4.69) is 0 Å². The molecule has 2 aromatic rings. The van der Waals surface area contributed by atoms with Crippen molar-refractivity contribution in [1.29, 1.82) is 0 Å². The van der Waals surface area contributed by atoms with Gasteiger partial charge in [0.1, 0.15) is 5.82 Å². The second-order valence-corrected chi connectivity index (χ2v) is 6.54. The maximum Gasteiger partial charge on any atom is 0.416 e. The van der Waals surface area contributed by atoms with Gasteiger partial charge in [-0.15, -0.1) is 0 Å². The highest BCUT2D eigenvalue weighted by Crippen LogP contribution is 2.33. The first-order valence-corrected chi connectivity index (χ1v) is 7.85. The average molecular weight is 387 g/mol. The number of benzene rings is 2. The molecule has 136 valence electrons. The normalized spacial score (nSPS) is 12.9. The SMILES string of the molecule is O=S(=O)(Nc1cc(F)cc(C(F)(F)F)c1)c1ccc(C(F)(F)F)cc1. The molecule has 0 saturated heterocycles. The van der Waals surface area contributed by atoms with E-state index in [0.29, 0.717) is 36.4 Å². The quantitative estimate of drug-likeness (QED) is 0.779. The Morgan fingerprint density at radius 2 is 1.28 bits per heavy atom. The molecular formula is C14H8F7NO2S. The maximum atomic E-state index is 13.3. The predicted molar refractivity (Wildman–Crippen MR) is 73.7 cm³/mol. The maximum absolute atomic E-state index is 13.3. The Kier molecular flexibility index (Phi) is 4.73. The van der Waals surface area contributed by atoms with Crippen LogP contribution >= 0.6 is 0 Å². The van der Waals surface area contributed by atoms with Crippen LogP contribution < -0.4 is 4.72 Å². The van der Waals surface area contributed by atoms with E-state index in [1.165, 1.54) is 0 Å². The van der Waals surface area contributed by atoms with Gasteiger partial charge in [0.2, 0.25) is 0 Å². The van der Waals surface area contributed by atoms with Crippen LogP contribution in [0.25, 0.3) is 0 Å². The molecule has 1 N–H and O–H groups in total. The van der Waals surface area contributed by atoms with Crippen molar-refractivity contribution in [2.75, 3.05) is 4.72 Å². The number of hydrogen-bond acceptors (Lipinski definition) is 2. The number of nitrogens with one attached hydrogen (secondary N) is 1. The van der Waals surface area contributed by atoms with Crippen molar-refractivity contribution in [3.63, 3.8) is 0 Å². The van der Waals surface area contributed by atoms with Crippen molar-refractivity contribution >= 4 is 15.7 Å². The van der Waals surface area contributed by atoms with Crippen LogP contribution in [-0.2, 0) is 22.4 Å². The summed E-state index contributed by atoms with van der Waals surface area (Å²) in [5.41, 5.74) is -3.23. The second kappa shape index (κ2) is 6.21. The topological polar surface area (TPSA) is 46.2 Å². The van der Waals surface area contributed by atoms with Crippen LogP contribution in [0.15, 0.2) is 47.4 Å². The van der Waals surface area contributed by atoms with Crippen molar-refractivity contribution < 1.29 is 39.2 Å². The summed E-state index contributed by atoms with van der Waals surface area (Å²) in [7, 11) is -4.51. The van der Waals surface area contributed by atoms with Crippen molar-refractivity contribution in [2.24, 2.45) is 0 Å². The van der Waals surface area contributed by atoms with E-state index < -0.39 is 49.9 Å². The summed E-state index contributed by atoms with van der Waals surface area (Å²) in [5, 5.41) is 0. The Balaban J connectivity index is 2.35. The number of anilines is 1. The zero-order chi connectivity index (χ0) is 19.0. The fraction of sp³-hybridized carbons (Fsp3) is 0.143. The molecule has 0 amide bonds. The van der Waals surface area contributed by atoms with Crippen LogP contribution in [0.3, 0.4) is 0 Å². The zero-order valence-electron chi connectivity index (χ0n) is 11.9. The van der Waals surface area contributed by atoms with Gasteiger partial charge in [-0.3, -0.25) is 4.72 Å². The number of rotatable bonds is 3. The van der Waals surface area contributed by atoms with Crippen molar-refractivity contribution in [3.05, 3.63) is 59.4 Å². The lowest BCUT2D eigenvalue weighted by atomic mass is 10.2. The fourth-order valence-electron chi connectivity index (χ4n) is 1.85. The van der Waals surface area contributed by atoms with E-state index in [-0.39, 0.29) is 6.07 Å². The van der Waals surface area contributed by atoms with Gasteiger partial charge in [-0.1, -0.05) is 0 Å². The summed E-state index contributed by atoms with van der Waals surface area (Å²) in [5.74, 6) is -1.33. The molecule has 0 saturated carbocycles. The van der Waals surface area contributed by atoms with E-state index in [4.69, 9.17) is 0 Å². The molecule has 0 fully saturated rings. The molecule has 3 nitrogen and oxygen atoms in total. The highest BCUT2D eigenvalue weighted by Gasteiger charge is 2.32. The minimum Gasteiger partial charge on any atom is -0.280 e. The number of hydrogen-bond donors (Lipinski definition) is 1. The summed E-state index contributed by atoms with van der Waals surface area (Å²) >= 11 is 0. The average Bonchev–Trinajstić information content (AvgIpc) is 2.44. The third kappa shape index (κ3) is 4.62. The Hall–Kier alpha value is -2.30. The predicted octanol–water partition coefficient (Wildman–Crippen LogP) is 4.66. The zero-order valence-corrected chi connectivity index (χ0v) is 12.7. The Morgan fingerprint density at radius 3 is 1.76 bits per heavy atom. The van der Waals surface area contributed by atoms with E-state index in [9.17, 15) is 39.2 Å². The molecule has 0 bridgehead atoms. The van der Waals surface area contributed by atoms with Crippen LogP contribution in [-0.4, -0.2) is 8.42 Å². The van der Waals surface area contributed by atoms with Gasteiger partial charge >= 0.3 is 12.4 Å². The molecule has 0 aromatic heterocycles. The lowest BCUT2D eigenvalue weighted by molar-refractivity contribution is -0.138. The monoisotopic (exact) mass is 387 g/mol. The van der Waals surface area contributed by atoms with E-state index in [1.54, 1.807) is 4.72 Å². The number of halogens is 7. The summed E-state index contributed by atoms with van der Waals surface area (Å²) < 4.78 is 114. The molecule has 2 rings (SSSR count). The highest BCUT2D eigenvalue weighted by molar-refractivity contribution is 7.92. The molecule has 0 aliphatic carbocycles. The molecule has 0 atom stereocenters. The van der Waals surface area contributed by atoms with Crippen LogP contribution in [0.1, 0.15) is 11.1 Å². The van der Waals surface area contributed by atoms with Gasteiger partial charge in [0.15, 0.2) is 0 Å². The van der Waals surface area contributed by atoms with Gasteiger partial charge in [-0.2, -0.15) is 26.3 Å². The van der Waals surface area contributed by atoms with E-state index in [1.807, 2.05) is 0 Å². The van der Waals surface area contributed by atoms with Gasteiger partial charge in [0, 0.05) is 0 Å². The van der Waals surface area contributed by atoms with Gasteiger partial charge < -0.3 is 0 Å². The second-order valence-electron chi connectivity index (χ2n) is 4.85. The van der Waals surface area contributed by atoms with Crippen molar-refractivity contribution in [3.8, 4) is 0 Å². The molecule has 0 heterocycles. The first-order chi connectivity index (χ1) is 11.3. The van der Waals surface area contributed by atoms with Crippen molar-refractivity contribution in [2.45, 2.75) is 17.2 Å². The molecule has 0 unspecified atom stereocenters. The minimum atomic E-state index is -4.91. The van der Waals surface area contributed by atoms with Crippen molar-refractivity contribution in [1.82, 2.24) is 0 Å². The van der Waals surface area contributed by atoms with Gasteiger partial charge in [0.25, 0.3) is 10.0 Å². The van der Waals surface area contributed by atoms with E-state index >= 15 is 0 Å². The Bertz CT molecular complexity index is 872. The van der Waals surface area contributed by atoms with Crippen LogP contribution in [0, 0.1) is 5.82 Å². The molecule has 0 aliphatic heterocycles. The third-order valence-corrected chi connectivity index (χ3v) is 4.37. The van der Waals surface area contributed by atoms with Gasteiger partial charge in [-0.25, -0.2) is 12.8 Å². The lowest BCUT2D eigenvalue weighted by Crippen LogP contribution is -2.15. The smallest absolute Gasteiger partial charge is 0.280 e. The number of alkyl halides is 6. The molecule has 0 spiro atoms. The Labute approximate surface area is 137 Å². The largest absolute Gasteiger partial charge is 0.416 e. The van der Waals surface area contributed by atoms with Crippen LogP contribution in [0.2, 0.25) is 0 Å². The highest BCUT2D eigenvalue weighted by atomic mass is 32.2. The molecular weight excluding hydrogens is 379 g/mol. The minimum absolute atomic E-state index is 0.177. The van der Waals surface area contributed by atoms with Gasteiger partial charge in [-0.05, 0) is 42.5 Å². The van der Waals surface area contributed by atoms with Gasteiger partial charge in [0.05, 0.1) is 21.7 Å². The fourth-order valence-corrected chi connectivity index (χ4v) is 2.89. The molecule has 2 aromatic carbocycles. The molecule has 11 heteroatoms. The molecule has 25 heavy (non-hydrogen) atoms. The van der Waals surface area contributed by atoms with Crippen LogP contribution in [0.4, 0.5) is 36.4 Å². The first kappa shape index (κ1) is 19.0. The standard InChI is InChI=1S/C14H8F7NO2S/c15-10-5-9(14(19,20)21)6-11(7-10)22-25(23,24)12-3-1-8(2-4-12)13(16,17)18/h1-7,22H. The summed E-state index contributed by atoms with van der Waals surface area (Å²) in [6.45, 7) is 0. The molecule has 0 radical (unpaired) electrons. The summed E-state index contributed by atoms with van der Waals surface area (Å²) in [4.78, 5) is -0.627. The number of sulfonamides is 1. The lowest BCUT2D eigenvalue weighted by Gasteiger charge is -2.12. The third-order valence-electron chi connectivity index (χ3n) is 2.97. The van der Waals surface area contributed by atoms with Crippen LogP contribution in [0.5, 0.6) is 0 Å². The molecule has 0 aliphatic rings. The Morgan fingerprint density at radius 1 is 0.760 bits per heavy atom. The first-order valence-electron chi connectivity index (χ1n) is 6.37. The summed E-state index contributed by atoms with van der Waals surface area (Å²) in [6, 6.07) is 3.32. The summed E-state index contributed by atoms with van der Waals surface area (Å²) in [6.07, 6.45) is -9.59.